The van der Waals surface area contributed by atoms with Crippen molar-refractivity contribution in [2.24, 2.45) is 34.5 Å². The standard InChI is InChI=1S/C26H32INO2/c1-25-13-11-17(29)15-16(25)7-8-18-19-9-10-21(26(19,2)14-12-20(18)25)24(30)28-23-6-4-3-5-22(23)27/h3-6,15,18-21H,7-14H2,1-2H3,(H,28,30)/t18?,19?,20?,21-,25+,26+/m1/s1. The molecular formula is C26H32INO2. The van der Waals surface area contributed by atoms with Crippen molar-refractivity contribution in [2.75, 3.05) is 5.32 Å². The van der Waals surface area contributed by atoms with Gasteiger partial charge in [0.15, 0.2) is 5.78 Å². The summed E-state index contributed by atoms with van der Waals surface area (Å²) in [6.07, 6.45) is 10.5. The third-order valence-electron chi connectivity index (χ3n) is 9.41. The molecule has 4 aliphatic carbocycles. The average molecular weight is 517 g/mol. The fourth-order valence-electron chi connectivity index (χ4n) is 7.77. The van der Waals surface area contributed by atoms with Gasteiger partial charge < -0.3 is 5.32 Å². The Morgan fingerprint density at radius 2 is 1.83 bits per heavy atom. The molecule has 0 aliphatic heterocycles. The molecule has 3 unspecified atom stereocenters. The van der Waals surface area contributed by atoms with Crippen molar-refractivity contribution in [3.05, 3.63) is 39.5 Å². The van der Waals surface area contributed by atoms with E-state index in [0.717, 1.165) is 34.9 Å². The summed E-state index contributed by atoms with van der Waals surface area (Å²) < 4.78 is 1.10. The van der Waals surface area contributed by atoms with E-state index in [-0.39, 0.29) is 22.7 Å². The zero-order chi connectivity index (χ0) is 21.1. The van der Waals surface area contributed by atoms with Crippen molar-refractivity contribution in [1.29, 1.82) is 0 Å². The number of ketones is 1. The molecule has 3 nitrogen and oxygen atoms in total. The minimum atomic E-state index is 0.105. The quantitative estimate of drug-likeness (QED) is 0.463. The molecule has 1 aromatic rings. The third-order valence-corrected chi connectivity index (χ3v) is 10.4. The van der Waals surface area contributed by atoms with Crippen LogP contribution in [-0.4, -0.2) is 11.7 Å². The van der Waals surface area contributed by atoms with Crippen molar-refractivity contribution in [2.45, 2.75) is 65.2 Å². The van der Waals surface area contributed by atoms with Crippen LogP contribution in [0.25, 0.3) is 0 Å². The Labute approximate surface area is 193 Å². The van der Waals surface area contributed by atoms with Gasteiger partial charge in [0.25, 0.3) is 0 Å². The Kier molecular flexibility index (Phi) is 5.15. The molecule has 4 heteroatoms. The van der Waals surface area contributed by atoms with E-state index in [0.29, 0.717) is 30.0 Å². The summed E-state index contributed by atoms with van der Waals surface area (Å²) in [7, 11) is 0. The van der Waals surface area contributed by atoms with Crippen LogP contribution in [0, 0.1) is 38.1 Å². The number of hydrogen-bond donors (Lipinski definition) is 1. The van der Waals surface area contributed by atoms with Crippen molar-refractivity contribution >= 4 is 40.0 Å². The van der Waals surface area contributed by atoms with Crippen LogP contribution in [0.4, 0.5) is 5.69 Å². The van der Waals surface area contributed by atoms with Crippen LogP contribution in [0.5, 0.6) is 0 Å². The van der Waals surface area contributed by atoms with Crippen LogP contribution in [0.1, 0.15) is 65.2 Å². The summed E-state index contributed by atoms with van der Waals surface area (Å²) in [5.41, 5.74) is 2.68. The molecule has 160 valence electrons. The summed E-state index contributed by atoms with van der Waals surface area (Å²) in [5.74, 6) is 2.67. The fourth-order valence-corrected chi connectivity index (χ4v) is 8.29. The number of benzene rings is 1. The van der Waals surface area contributed by atoms with Crippen LogP contribution in [-0.2, 0) is 9.59 Å². The second-order valence-corrected chi connectivity index (χ2v) is 11.8. The lowest BCUT2D eigenvalue weighted by Crippen LogP contribution is -2.51. The number of nitrogens with one attached hydrogen (secondary N) is 1. The van der Waals surface area contributed by atoms with Crippen LogP contribution in [0.15, 0.2) is 35.9 Å². The number of para-hydroxylation sites is 1. The van der Waals surface area contributed by atoms with Gasteiger partial charge in [-0.25, -0.2) is 0 Å². The van der Waals surface area contributed by atoms with Gasteiger partial charge in [0.2, 0.25) is 5.91 Å². The molecule has 1 aromatic carbocycles. The molecule has 0 aromatic heterocycles. The number of hydrogen-bond acceptors (Lipinski definition) is 2. The first kappa shape index (κ1) is 20.7. The second-order valence-electron chi connectivity index (χ2n) is 10.6. The molecule has 0 saturated heterocycles. The minimum Gasteiger partial charge on any atom is -0.325 e. The number of amides is 1. The van der Waals surface area contributed by atoms with Crippen molar-refractivity contribution in [3.63, 3.8) is 0 Å². The molecule has 0 spiro atoms. The van der Waals surface area contributed by atoms with E-state index in [4.69, 9.17) is 0 Å². The molecule has 4 aliphatic rings. The molecule has 1 amide bonds. The summed E-state index contributed by atoms with van der Waals surface area (Å²) in [6.45, 7) is 4.83. The molecule has 1 N–H and O–H groups in total. The maximum atomic E-state index is 13.4. The fraction of sp³-hybridized carbons (Fsp3) is 0.615. The molecule has 3 fully saturated rings. The van der Waals surface area contributed by atoms with Gasteiger partial charge in [0.1, 0.15) is 0 Å². The predicted molar refractivity (Wildman–Crippen MR) is 128 cm³/mol. The second kappa shape index (κ2) is 7.46. The topological polar surface area (TPSA) is 46.2 Å². The highest BCUT2D eigenvalue weighted by Crippen LogP contribution is 2.66. The third kappa shape index (κ3) is 3.11. The van der Waals surface area contributed by atoms with Crippen molar-refractivity contribution in [1.82, 2.24) is 0 Å². The number of rotatable bonds is 2. The molecule has 0 bridgehead atoms. The molecular weight excluding hydrogens is 485 g/mol. The first-order valence-corrected chi connectivity index (χ1v) is 12.7. The summed E-state index contributed by atoms with van der Waals surface area (Å²) in [4.78, 5) is 25.4. The lowest BCUT2D eigenvalue weighted by Gasteiger charge is -2.58. The van der Waals surface area contributed by atoms with Gasteiger partial charge in [-0.2, -0.15) is 0 Å². The molecule has 5 rings (SSSR count). The van der Waals surface area contributed by atoms with Crippen LogP contribution >= 0.6 is 22.6 Å². The van der Waals surface area contributed by atoms with Gasteiger partial charge in [-0.15, -0.1) is 0 Å². The van der Waals surface area contributed by atoms with E-state index >= 15 is 0 Å². The molecule has 0 radical (unpaired) electrons. The number of fused-ring (bicyclic) bond motifs is 5. The number of carbonyl (C=O) groups excluding carboxylic acids is 2. The largest absolute Gasteiger partial charge is 0.325 e. The smallest absolute Gasteiger partial charge is 0.228 e. The number of halogens is 1. The van der Waals surface area contributed by atoms with Crippen molar-refractivity contribution < 1.29 is 9.59 Å². The van der Waals surface area contributed by atoms with Gasteiger partial charge in [0, 0.05) is 15.9 Å². The highest BCUT2D eigenvalue weighted by molar-refractivity contribution is 14.1. The predicted octanol–water partition coefficient (Wildman–Crippen LogP) is 6.38. The van der Waals surface area contributed by atoms with Gasteiger partial charge in [0.05, 0.1) is 5.69 Å². The van der Waals surface area contributed by atoms with E-state index in [1.807, 2.05) is 30.3 Å². The maximum absolute atomic E-state index is 13.4. The zero-order valence-corrected chi connectivity index (χ0v) is 20.2. The first-order valence-electron chi connectivity index (χ1n) is 11.6. The Morgan fingerprint density at radius 1 is 1.03 bits per heavy atom. The van der Waals surface area contributed by atoms with Gasteiger partial charge in [-0.05, 0) is 114 Å². The number of carbonyl (C=O) groups is 2. The van der Waals surface area contributed by atoms with Gasteiger partial charge in [-0.3, -0.25) is 9.59 Å². The normalized spacial score (nSPS) is 40.1. The zero-order valence-electron chi connectivity index (χ0n) is 18.0. The molecule has 0 heterocycles. The molecule has 6 atom stereocenters. The van der Waals surface area contributed by atoms with E-state index in [2.05, 4.69) is 41.8 Å². The Balaban J connectivity index is 1.38. The number of allylic oxidation sites excluding steroid dienone is 1. The highest BCUT2D eigenvalue weighted by atomic mass is 127. The lowest BCUT2D eigenvalue weighted by molar-refractivity contribution is -0.127. The summed E-state index contributed by atoms with van der Waals surface area (Å²) in [5, 5.41) is 3.25. The Hall–Kier alpha value is -1.17. The van der Waals surface area contributed by atoms with E-state index in [9.17, 15) is 9.59 Å². The minimum absolute atomic E-state index is 0.105. The van der Waals surface area contributed by atoms with E-state index in [1.54, 1.807) is 0 Å². The molecule has 3 saturated carbocycles. The van der Waals surface area contributed by atoms with Gasteiger partial charge in [-0.1, -0.05) is 31.6 Å². The summed E-state index contributed by atoms with van der Waals surface area (Å²) in [6, 6.07) is 8.05. The summed E-state index contributed by atoms with van der Waals surface area (Å²) >= 11 is 2.30. The van der Waals surface area contributed by atoms with Crippen LogP contribution in [0.2, 0.25) is 0 Å². The van der Waals surface area contributed by atoms with E-state index < -0.39 is 0 Å². The SMILES string of the molecule is C[C@]12CCC(=O)C=C1CCC1C2CC[C@@]2(C)C1CC[C@@H]2C(=O)Nc1ccccc1I. The maximum Gasteiger partial charge on any atom is 0.228 e. The Morgan fingerprint density at radius 3 is 2.63 bits per heavy atom. The monoisotopic (exact) mass is 517 g/mol. The Bertz CT molecular complexity index is 923. The number of anilines is 1. The highest BCUT2D eigenvalue weighted by Gasteiger charge is 2.60. The lowest BCUT2D eigenvalue weighted by atomic mass is 9.47. The van der Waals surface area contributed by atoms with Crippen LogP contribution < -0.4 is 5.32 Å². The van der Waals surface area contributed by atoms with Crippen LogP contribution in [0.3, 0.4) is 0 Å². The first-order chi connectivity index (χ1) is 14.3. The average Bonchev–Trinajstić information content (AvgIpc) is 3.07. The van der Waals surface area contributed by atoms with E-state index in [1.165, 1.54) is 24.8 Å². The van der Waals surface area contributed by atoms with Gasteiger partial charge >= 0.3 is 0 Å². The van der Waals surface area contributed by atoms with Crippen molar-refractivity contribution in [3.8, 4) is 0 Å². The molecule has 30 heavy (non-hydrogen) atoms.